The van der Waals surface area contributed by atoms with Crippen LogP contribution in [-0.2, 0) is 11.2 Å². The van der Waals surface area contributed by atoms with Crippen molar-refractivity contribution in [2.45, 2.75) is 37.9 Å². The first-order valence-corrected chi connectivity index (χ1v) is 8.02. The summed E-state index contributed by atoms with van der Waals surface area (Å²) in [6, 6.07) is 6.64. The molecule has 2 fully saturated rings. The van der Waals surface area contributed by atoms with E-state index < -0.39 is 18.1 Å². The number of halogens is 3. The molecule has 1 aliphatic heterocycles. The first-order chi connectivity index (χ1) is 10.9. The molecular weight excluding hydrogens is 305 g/mol. The van der Waals surface area contributed by atoms with Crippen molar-refractivity contribution >= 4 is 5.91 Å². The maximum absolute atomic E-state index is 13.3. The molecule has 3 rings (SSSR count). The largest absolute Gasteiger partial charge is 0.408 e. The van der Waals surface area contributed by atoms with E-state index in [4.69, 9.17) is 0 Å². The van der Waals surface area contributed by atoms with Gasteiger partial charge in [0.15, 0.2) is 0 Å². The van der Waals surface area contributed by atoms with E-state index in [0.29, 0.717) is 5.56 Å². The first kappa shape index (κ1) is 16.3. The van der Waals surface area contributed by atoms with Crippen LogP contribution in [0.5, 0.6) is 0 Å². The summed E-state index contributed by atoms with van der Waals surface area (Å²) in [5, 5.41) is 5.48. The van der Waals surface area contributed by atoms with Crippen molar-refractivity contribution < 1.29 is 18.0 Å². The molecule has 0 radical (unpaired) electrons. The van der Waals surface area contributed by atoms with Gasteiger partial charge in [-0.05, 0) is 43.3 Å². The number of rotatable bonds is 4. The van der Waals surface area contributed by atoms with E-state index >= 15 is 0 Å². The minimum Gasteiger partial charge on any atom is -0.344 e. The Morgan fingerprint density at radius 2 is 1.91 bits per heavy atom. The van der Waals surface area contributed by atoms with E-state index in [1.807, 2.05) is 0 Å². The highest BCUT2D eigenvalue weighted by Gasteiger charge is 2.58. The zero-order valence-electron chi connectivity index (χ0n) is 12.8. The maximum Gasteiger partial charge on any atom is 0.408 e. The Kier molecular flexibility index (Phi) is 4.36. The van der Waals surface area contributed by atoms with Gasteiger partial charge in [-0.2, -0.15) is 13.2 Å². The molecular formula is C17H21F3N2O. The molecule has 2 N–H and O–H groups in total. The molecule has 1 saturated carbocycles. The third kappa shape index (κ3) is 3.68. The van der Waals surface area contributed by atoms with E-state index in [-0.39, 0.29) is 17.8 Å². The summed E-state index contributed by atoms with van der Waals surface area (Å²) in [4.78, 5) is 12.3. The van der Waals surface area contributed by atoms with Crippen molar-refractivity contribution in [3.05, 3.63) is 35.9 Å². The van der Waals surface area contributed by atoms with Crippen LogP contribution in [0.3, 0.4) is 0 Å². The Balaban J connectivity index is 1.64. The molecule has 1 heterocycles. The lowest BCUT2D eigenvalue weighted by Gasteiger charge is -2.25. The molecule has 1 aliphatic carbocycles. The Labute approximate surface area is 133 Å². The second-order valence-electron chi connectivity index (χ2n) is 6.66. The number of hydrogen-bond donors (Lipinski definition) is 2. The fourth-order valence-electron chi connectivity index (χ4n) is 3.57. The highest BCUT2D eigenvalue weighted by atomic mass is 19.4. The van der Waals surface area contributed by atoms with Crippen molar-refractivity contribution in [3.63, 3.8) is 0 Å². The monoisotopic (exact) mass is 326 g/mol. The zero-order chi connectivity index (χ0) is 16.5. The van der Waals surface area contributed by atoms with Gasteiger partial charge in [-0.25, -0.2) is 0 Å². The van der Waals surface area contributed by atoms with Crippen molar-refractivity contribution in [3.8, 4) is 0 Å². The molecule has 1 aromatic rings. The molecule has 1 aromatic carbocycles. The van der Waals surface area contributed by atoms with Gasteiger partial charge in [-0.15, -0.1) is 0 Å². The summed E-state index contributed by atoms with van der Waals surface area (Å²) in [6.45, 7) is 1.69. The first-order valence-electron chi connectivity index (χ1n) is 8.02. The fraction of sp³-hybridized carbons (Fsp3) is 0.588. The SMILES string of the molecule is O=C(NC(Cc1ccccc1)C(F)(F)F)C1CC12CCNCC2. The van der Waals surface area contributed by atoms with Crippen LogP contribution in [0, 0.1) is 11.3 Å². The van der Waals surface area contributed by atoms with E-state index in [2.05, 4.69) is 10.6 Å². The minimum atomic E-state index is -4.44. The third-order valence-corrected chi connectivity index (χ3v) is 5.10. The molecule has 0 bridgehead atoms. The minimum absolute atomic E-state index is 0.0573. The Morgan fingerprint density at radius 1 is 1.26 bits per heavy atom. The summed E-state index contributed by atoms with van der Waals surface area (Å²) in [7, 11) is 0. The van der Waals surface area contributed by atoms with Gasteiger partial charge in [0, 0.05) is 12.3 Å². The second-order valence-corrected chi connectivity index (χ2v) is 6.66. The molecule has 6 heteroatoms. The fourth-order valence-corrected chi connectivity index (χ4v) is 3.57. The highest BCUT2D eigenvalue weighted by molar-refractivity contribution is 5.83. The van der Waals surface area contributed by atoms with Gasteiger partial charge in [0.25, 0.3) is 0 Å². The smallest absolute Gasteiger partial charge is 0.344 e. The molecule has 1 amide bonds. The van der Waals surface area contributed by atoms with E-state index in [1.165, 1.54) is 0 Å². The van der Waals surface area contributed by atoms with Crippen LogP contribution in [0.2, 0.25) is 0 Å². The third-order valence-electron chi connectivity index (χ3n) is 5.10. The number of piperidine rings is 1. The Hall–Kier alpha value is -1.56. The van der Waals surface area contributed by atoms with E-state index in [1.54, 1.807) is 30.3 Å². The maximum atomic E-state index is 13.3. The average molecular weight is 326 g/mol. The quantitative estimate of drug-likeness (QED) is 0.893. The number of alkyl halides is 3. The van der Waals surface area contributed by atoms with Gasteiger partial charge < -0.3 is 10.6 Å². The lowest BCUT2D eigenvalue weighted by molar-refractivity contribution is -0.162. The van der Waals surface area contributed by atoms with Gasteiger partial charge in [-0.3, -0.25) is 4.79 Å². The summed E-state index contributed by atoms with van der Waals surface area (Å²) in [6.07, 6.45) is -2.20. The predicted octanol–water partition coefficient (Wildman–Crippen LogP) is 2.67. The Bertz CT molecular complexity index is 553. The highest BCUT2D eigenvalue weighted by Crippen LogP contribution is 2.58. The van der Waals surface area contributed by atoms with Crippen molar-refractivity contribution in [1.82, 2.24) is 10.6 Å². The van der Waals surface area contributed by atoms with Crippen molar-refractivity contribution in [1.29, 1.82) is 0 Å². The van der Waals surface area contributed by atoms with Crippen LogP contribution in [0.1, 0.15) is 24.8 Å². The molecule has 23 heavy (non-hydrogen) atoms. The molecule has 1 spiro atoms. The number of amides is 1. The van der Waals surface area contributed by atoms with Gasteiger partial charge in [0.05, 0.1) is 0 Å². The lowest BCUT2D eigenvalue weighted by Crippen LogP contribution is -2.48. The molecule has 1 saturated heterocycles. The van der Waals surface area contributed by atoms with Crippen LogP contribution in [-0.4, -0.2) is 31.2 Å². The van der Waals surface area contributed by atoms with Crippen LogP contribution < -0.4 is 10.6 Å². The summed E-state index contributed by atoms with van der Waals surface area (Å²) >= 11 is 0. The average Bonchev–Trinajstić information content (AvgIpc) is 3.21. The van der Waals surface area contributed by atoms with Crippen LogP contribution in [0.15, 0.2) is 30.3 Å². The van der Waals surface area contributed by atoms with E-state index in [0.717, 1.165) is 32.4 Å². The normalized spacial score (nSPS) is 24.2. The summed E-state index contributed by atoms with van der Waals surface area (Å²) in [5.41, 5.74) is 0.514. The molecule has 126 valence electrons. The van der Waals surface area contributed by atoms with Gasteiger partial charge in [0.2, 0.25) is 5.91 Å². The van der Waals surface area contributed by atoms with E-state index in [9.17, 15) is 18.0 Å². The standard InChI is InChI=1S/C17H21F3N2O/c18-17(19,20)14(10-12-4-2-1-3-5-12)22-15(23)13-11-16(13)6-8-21-9-7-16/h1-5,13-14,21H,6-11H2,(H,22,23). The molecule has 3 nitrogen and oxygen atoms in total. The number of carbonyl (C=O) groups excluding carboxylic acids is 1. The number of carbonyl (C=O) groups is 1. The van der Waals surface area contributed by atoms with Gasteiger partial charge in [0.1, 0.15) is 6.04 Å². The zero-order valence-corrected chi connectivity index (χ0v) is 12.8. The number of hydrogen-bond acceptors (Lipinski definition) is 2. The van der Waals surface area contributed by atoms with Gasteiger partial charge >= 0.3 is 6.18 Å². The summed E-state index contributed by atoms with van der Waals surface area (Å²) in [5.74, 6) is -0.699. The van der Waals surface area contributed by atoms with Crippen molar-refractivity contribution in [2.24, 2.45) is 11.3 Å². The number of nitrogens with one attached hydrogen (secondary N) is 2. The van der Waals surface area contributed by atoms with Crippen LogP contribution in [0.25, 0.3) is 0 Å². The topological polar surface area (TPSA) is 41.1 Å². The van der Waals surface area contributed by atoms with Crippen molar-refractivity contribution in [2.75, 3.05) is 13.1 Å². The molecule has 2 atom stereocenters. The Morgan fingerprint density at radius 3 is 2.52 bits per heavy atom. The second kappa shape index (κ2) is 6.15. The van der Waals surface area contributed by atoms with Crippen LogP contribution >= 0.6 is 0 Å². The summed E-state index contributed by atoms with van der Waals surface area (Å²) < 4.78 is 39.8. The number of benzene rings is 1. The molecule has 0 aromatic heterocycles. The molecule has 2 unspecified atom stereocenters. The van der Waals surface area contributed by atoms with Gasteiger partial charge in [-0.1, -0.05) is 30.3 Å². The van der Waals surface area contributed by atoms with Crippen LogP contribution in [0.4, 0.5) is 13.2 Å². The molecule has 2 aliphatic rings. The lowest BCUT2D eigenvalue weighted by atomic mass is 9.91. The predicted molar refractivity (Wildman–Crippen MR) is 80.8 cm³/mol.